The van der Waals surface area contributed by atoms with Crippen LogP contribution in [0.4, 0.5) is 0 Å². The lowest BCUT2D eigenvalue weighted by molar-refractivity contribution is -0.114. The van der Waals surface area contributed by atoms with Crippen LogP contribution in [-0.4, -0.2) is 47.2 Å². The number of amides is 1. The van der Waals surface area contributed by atoms with Crippen molar-refractivity contribution in [3.05, 3.63) is 35.4 Å². The van der Waals surface area contributed by atoms with Crippen LogP contribution in [0.25, 0.3) is 6.08 Å². The normalized spacial score (nSPS) is 19.4. The monoisotopic (exact) mass is 380 g/mol. The van der Waals surface area contributed by atoms with Gasteiger partial charge in [-0.05, 0) is 41.8 Å². The molecule has 2 heterocycles. The predicted octanol–water partition coefficient (Wildman–Crippen LogP) is 2.03. The minimum atomic E-state index is -3.53. The van der Waals surface area contributed by atoms with Crippen LogP contribution in [0.15, 0.2) is 44.8 Å². The highest BCUT2D eigenvalue weighted by molar-refractivity contribution is 8.42. The van der Waals surface area contributed by atoms with Crippen LogP contribution in [0.2, 0.25) is 0 Å². The maximum atomic E-state index is 12.2. The fourth-order valence-corrected chi connectivity index (χ4v) is 4.08. The molecule has 24 heavy (non-hydrogen) atoms. The van der Waals surface area contributed by atoms with Crippen molar-refractivity contribution in [3.63, 3.8) is 0 Å². The first-order valence-electron chi connectivity index (χ1n) is 6.64. The van der Waals surface area contributed by atoms with Crippen molar-refractivity contribution >= 4 is 60.7 Å². The van der Waals surface area contributed by atoms with Crippen LogP contribution in [-0.2, 0) is 14.6 Å². The highest BCUT2D eigenvalue weighted by atomic mass is 32.3. The van der Waals surface area contributed by atoms with E-state index in [1.165, 1.54) is 0 Å². The Morgan fingerprint density at radius 3 is 2.54 bits per heavy atom. The molecule has 10 heteroatoms. The zero-order valence-corrected chi connectivity index (χ0v) is 15.1. The van der Waals surface area contributed by atoms with Gasteiger partial charge < -0.3 is 0 Å². The molecule has 1 aromatic carbocycles. The van der Waals surface area contributed by atoms with E-state index in [0.29, 0.717) is 0 Å². The predicted molar refractivity (Wildman–Crippen MR) is 98.1 cm³/mol. The number of hydrogen-bond donors (Lipinski definition) is 1. The number of carbonyl (C=O) groups excluding carboxylic acids is 1. The van der Waals surface area contributed by atoms with Gasteiger partial charge in [0, 0.05) is 11.2 Å². The lowest BCUT2D eigenvalue weighted by Crippen LogP contribution is -2.35. The number of sulfone groups is 1. The third-order valence-corrected chi connectivity index (χ3v) is 6.50. The van der Waals surface area contributed by atoms with E-state index in [1.54, 1.807) is 17.8 Å². The van der Waals surface area contributed by atoms with Gasteiger partial charge in [0.05, 0.1) is 5.57 Å². The number of amidine groups is 2. The first-order chi connectivity index (χ1) is 11.3. The molecule has 0 aliphatic carbocycles. The summed E-state index contributed by atoms with van der Waals surface area (Å²) in [7, 11) is -3.53. The SMILES string of the molecule is CSc1ccc(/C=C2\C(=N)N3N=C(S(C)(=O)=O)SC3=NC2=O)cc1. The average molecular weight is 380 g/mol. The summed E-state index contributed by atoms with van der Waals surface area (Å²) in [5, 5.41) is 13.2. The van der Waals surface area contributed by atoms with Crippen molar-refractivity contribution in [2.75, 3.05) is 12.5 Å². The number of nitrogens with one attached hydrogen (secondary N) is 1. The molecule has 0 fully saturated rings. The quantitative estimate of drug-likeness (QED) is 0.622. The number of rotatable bonds is 2. The molecule has 1 amide bonds. The van der Waals surface area contributed by atoms with Gasteiger partial charge in [-0.15, -0.1) is 16.9 Å². The molecule has 0 spiro atoms. The molecule has 3 rings (SSSR count). The molecular formula is C14H12N4O3S3. The Morgan fingerprint density at radius 1 is 1.29 bits per heavy atom. The van der Waals surface area contributed by atoms with Crippen molar-refractivity contribution < 1.29 is 13.2 Å². The molecule has 1 N–H and O–H groups in total. The third-order valence-electron chi connectivity index (χ3n) is 3.18. The van der Waals surface area contributed by atoms with Gasteiger partial charge in [0.25, 0.3) is 5.91 Å². The number of benzene rings is 1. The summed E-state index contributed by atoms with van der Waals surface area (Å²) in [6.45, 7) is 0. The Bertz CT molecular complexity index is 931. The van der Waals surface area contributed by atoms with Crippen molar-refractivity contribution in [1.82, 2.24) is 5.01 Å². The second-order valence-electron chi connectivity index (χ2n) is 4.93. The average Bonchev–Trinajstić information content (AvgIpc) is 2.96. The second-order valence-corrected chi connectivity index (χ2v) is 8.96. The van der Waals surface area contributed by atoms with E-state index in [9.17, 15) is 13.2 Å². The summed E-state index contributed by atoms with van der Waals surface area (Å²) in [5.74, 6) is -0.775. The Hall–Kier alpha value is -1.91. The first kappa shape index (κ1) is 16.9. The lowest BCUT2D eigenvalue weighted by Gasteiger charge is -2.20. The minimum absolute atomic E-state index is 0.0646. The van der Waals surface area contributed by atoms with E-state index < -0.39 is 15.7 Å². The molecule has 1 aromatic rings. The van der Waals surface area contributed by atoms with E-state index >= 15 is 0 Å². The van der Waals surface area contributed by atoms with Crippen LogP contribution in [0.5, 0.6) is 0 Å². The highest BCUT2D eigenvalue weighted by Crippen LogP contribution is 2.30. The second kappa shape index (κ2) is 6.19. The van der Waals surface area contributed by atoms with Gasteiger partial charge in [-0.2, -0.15) is 10.0 Å². The molecule has 124 valence electrons. The van der Waals surface area contributed by atoms with Crippen molar-refractivity contribution in [2.24, 2.45) is 10.1 Å². The van der Waals surface area contributed by atoms with E-state index in [0.717, 1.165) is 33.5 Å². The number of aliphatic imine (C=N–C) groups is 1. The fraction of sp³-hybridized carbons (Fsp3) is 0.143. The van der Waals surface area contributed by atoms with Gasteiger partial charge in [-0.25, -0.2) is 8.42 Å². The smallest absolute Gasteiger partial charge is 0.282 e. The van der Waals surface area contributed by atoms with Crippen molar-refractivity contribution in [1.29, 1.82) is 5.41 Å². The Balaban J connectivity index is 1.97. The zero-order chi connectivity index (χ0) is 17.5. The first-order valence-corrected chi connectivity index (χ1v) is 10.6. The van der Waals surface area contributed by atoms with E-state index in [1.807, 2.05) is 30.5 Å². The summed E-state index contributed by atoms with van der Waals surface area (Å²) < 4.78 is 23.0. The highest BCUT2D eigenvalue weighted by Gasteiger charge is 2.38. The van der Waals surface area contributed by atoms with Gasteiger partial charge in [-0.1, -0.05) is 12.1 Å². The topological polar surface area (TPSA) is 103 Å². The summed E-state index contributed by atoms with van der Waals surface area (Å²) in [4.78, 5) is 17.1. The van der Waals surface area contributed by atoms with Crippen LogP contribution in [0.1, 0.15) is 5.56 Å². The van der Waals surface area contributed by atoms with Gasteiger partial charge in [0.2, 0.25) is 19.4 Å². The van der Waals surface area contributed by atoms with Crippen LogP contribution < -0.4 is 0 Å². The minimum Gasteiger partial charge on any atom is -0.282 e. The van der Waals surface area contributed by atoms with Crippen LogP contribution in [0.3, 0.4) is 0 Å². The zero-order valence-electron chi connectivity index (χ0n) is 12.7. The molecular weight excluding hydrogens is 368 g/mol. The largest absolute Gasteiger partial charge is 0.283 e. The molecule has 2 aliphatic heterocycles. The molecule has 0 saturated heterocycles. The Labute approximate surface area is 147 Å². The molecule has 0 radical (unpaired) electrons. The van der Waals surface area contributed by atoms with Gasteiger partial charge in [0.15, 0.2) is 5.84 Å². The van der Waals surface area contributed by atoms with Gasteiger partial charge in [0.1, 0.15) is 0 Å². The number of hydrazone groups is 1. The molecule has 0 saturated carbocycles. The van der Waals surface area contributed by atoms with Gasteiger partial charge in [-0.3, -0.25) is 10.2 Å². The maximum Gasteiger partial charge on any atom is 0.283 e. The molecule has 0 aromatic heterocycles. The van der Waals surface area contributed by atoms with Gasteiger partial charge >= 0.3 is 0 Å². The van der Waals surface area contributed by atoms with E-state index in [2.05, 4.69) is 10.1 Å². The Kier molecular flexibility index (Phi) is 4.37. The molecule has 7 nitrogen and oxygen atoms in total. The van der Waals surface area contributed by atoms with E-state index in [4.69, 9.17) is 5.41 Å². The number of thioether (sulfide) groups is 2. The lowest BCUT2D eigenvalue weighted by atomic mass is 10.1. The standard InChI is InChI=1S/C14H12N4O3S3/c1-22-9-5-3-8(4-6-9)7-10-11(15)18-13(16-12(10)19)23-14(17-18)24(2,20)21/h3-7,15H,1-2H3/b10-7+,15-11?. The Morgan fingerprint density at radius 2 is 1.96 bits per heavy atom. The summed E-state index contributed by atoms with van der Waals surface area (Å²) in [5.41, 5.74) is 0.813. The van der Waals surface area contributed by atoms with Crippen LogP contribution in [0, 0.1) is 5.41 Å². The number of fused-ring (bicyclic) bond motifs is 1. The number of carbonyl (C=O) groups is 1. The van der Waals surface area contributed by atoms with Crippen molar-refractivity contribution in [3.8, 4) is 0 Å². The molecule has 2 aliphatic rings. The maximum absolute atomic E-state index is 12.2. The van der Waals surface area contributed by atoms with E-state index in [-0.39, 0.29) is 21.0 Å². The summed E-state index contributed by atoms with van der Waals surface area (Å²) in [6.07, 6.45) is 4.54. The fourth-order valence-electron chi connectivity index (χ4n) is 1.99. The molecule has 0 bridgehead atoms. The summed E-state index contributed by atoms with van der Waals surface area (Å²) in [6, 6.07) is 7.49. The van der Waals surface area contributed by atoms with Crippen molar-refractivity contribution in [2.45, 2.75) is 4.90 Å². The molecule has 0 atom stereocenters. The summed E-state index contributed by atoms with van der Waals surface area (Å²) >= 11 is 2.37. The third kappa shape index (κ3) is 3.17. The number of nitrogens with zero attached hydrogens (tertiary/aromatic N) is 3. The number of hydrogen-bond acceptors (Lipinski definition) is 7. The van der Waals surface area contributed by atoms with Crippen LogP contribution >= 0.6 is 23.5 Å². The molecule has 0 unspecified atom stereocenters.